The summed E-state index contributed by atoms with van der Waals surface area (Å²) in [7, 11) is 0. The number of ether oxygens (including phenoxy) is 1. The van der Waals surface area contributed by atoms with Crippen molar-refractivity contribution >= 4 is 0 Å². The van der Waals surface area contributed by atoms with E-state index < -0.39 is 0 Å². The van der Waals surface area contributed by atoms with Gasteiger partial charge in [-0.1, -0.05) is 24.3 Å². The van der Waals surface area contributed by atoms with Gasteiger partial charge in [0, 0.05) is 6.54 Å². The summed E-state index contributed by atoms with van der Waals surface area (Å²) in [6.07, 6.45) is 7.70. The van der Waals surface area contributed by atoms with E-state index in [1.165, 1.54) is 6.42 Å². The lowest BCUT2D eigenvalue weighted by atomic mass is 10.2. The second-order valence-corrected chi connectivity index (χ2v) is 3.76. The van der Waals surface area contributed by atoms with Crippen LogP contribution in [-0.2, 0) is 6.54 Å². The Morgan fingerprint density at radius 1 is 1.31 bits per heavy atom. The zero-order valence-corrected chi connectivity index (χ0v) is 9.99. The summed E-state index contributed by atoms with van der Waals surface area (Å²) in [5.41, 5.74) is 6.68. The van der Waals surface area contributed by atoms with Crippen LogP contribution in [0.15, 0.2) is 36.4 Å². The zero-order valence-electron chi connectivity index (χ0n) is 9.99. The molecular weight excluding hydrogens is 198 g/mol. The molecule has 2 N–H and O–H groups in total. The molecule has 0 radical (unpaired) electrons. The highest BCUT2D eigenvalue weighted by molar-refractivity contribution is 5.28. The Balaban J connectivity index is 2.21. The molecule has 0 fully saturated rings. The van der Waals surface area contributed by atoms with Crippen molar-refractivity contribution in [3.63, 3.8) is 0 Å². The maximum atomic E-state index is 5.65. The fourth-order valence-corrected chi connectivity index (χ4v) is 1.48. The van der Waals surface area contributed by atoms with E-state index in [9.17, 15) is 0 Å². The molecule has 0 aliphatic rings. The summed E-state index contributed by atoms with van der Waals surface area (Å²) in [4.78, 5) is 0. The second kappa shape index (κ2) is 7.94. The Bertz CT molecular complexity index is 320. The van der Waals surface area contributed by atoms with Crippen LogP contribution in [0.2, 0.25) is 0 Å². The molecule has 0 heterocycles. The van der Waals surface area contributed by atoms with Gasteiger partial charge in [0.1, 0.15) is 5.75 Å². The van der Waals surface area contributed by atoms with Crippen molar-refractivity contribution in [2.24, 2.45) is 5.73 Å². The van der Waals surface area contributed by atoms with E-state index in [2.05, 4.69) is 19.1 Å². The highest BCUT2D eigenvalue weighted by Gasteiger charge is 1.95. The van der Waals surface area contributed by atoms with Gasteiger partial charge in [-0.25, -0.2) is 0 Å². The zero-order chi connectivity index (χ0) is 11.6. The third-order valence-electron chi connectivity index (χ3n) is 2.40. The maximum Gasteiger partial charge on any atom is 0.119 e. The summed E-state index contributed by atoms with van der Waals surface area (Å²) in [5.74, 6) is 0.925. The van der Waals surface area contributed by atoms with Crippen LogP contribution in [0.3, 0.4) is 0 Å². The lowest BCUT2D eigenvalue weighted by Gasteiger charge is -2.06. The lowest BCUT2D eigenvalue weighted by Crippen LogP contribution is -1.99. The maximum absolute atomic E-state index is 5.65. The number of allylic oxidation sites excluding steroid dienone is 2. The van der Waals surface area contributed by atoms with Gasteiger partial charge in [0.2, 0.25) is 0 Å². The molecular formula is C14H21NO. The van der Waals surface area contributed by atoms with Gasteiger partial charge in [-0.05, 0) is 43.9 Å². The first-order valence-corrected chi connectivity index (χ1v) is 5.89. The molecule has 0 unspecified atom stereocenters. The van der Waals surface area contributed by atoms with E-state index in [1.54, 1.807) is 0 Å². The third kappa shape index (κ3) is 4.99. The average molecular weight is 219 g/mol. The molecule has 0 atom stereocenters. The third-order valence-corrected chi connectivity index (χ3v) is 2.40. The van der Waals surface area contributed by atoms with Crippen molar-refractivity contribution in [3.8, 4) is 5.75 Å². The Hall–Kier alpha value is -1.28. The molecule has 88 valence electrons. The Morgan fingerprint density at radius 3 is 2.94 bits per heavy atom. The molecule has 2 heteroatoms. The minimum atomic E-state index is 0.568. The van der Waals surface area contributed by atoms with Crippen LogP contribution >= 0.6 is 0 Å². The first-order chi connectivity index (χ1) is 7.86. The van der Waals surface area contributed by atoms with Gasteiger partial charge in [-0.15, -0.1) is 0 Å². The molecule has 0 saturated heterocycles. The standard InChI is InChI=1S/C14H21NO/c1-2-3-4-5-6-10-16-14-9-7-8-13(11-14)12-15/h2-3,7-9,11H,4-6,10,12,15H2,1H3. The summed E-state index contributed by atoms with van der Waals surface area (Å²) in [6, 6.07) is 7.98. The number of hydrogen-bond acceptors (Lipinski definition) is 2. The van der Waals surface area contributed by atoms with Crippen molar-refractivity contribution in [3.05, 3.63) is 42.0 Å². The van der Waals surface area contributed by atoms with E-state index in [1.807, 2.05) is 24.3 Å². The first kappa shape index (κ1) is 12.8. The smallest absolute Gasteiger partial charge is 0.119 e. The number of hydrogen-bond donors (Lipinski definition) is 1. The highest BCUT2D eigenvalue weighted by atomic mass is 16.5. The largest absolute Gasteiger partial charge is 0.494 e. The topological polar surface area (TPSA) is 35.2 Å². The normalized spacial score (nSPS) is 10.9. The van der Waals surface area contributed by atoms with Gasteiger partial charge in [0.05, 0.1) is 6.61 Å². The van der Waals surface area contributed by atoms with Crippen LogP contribution in [0.4, 0.5) is 0 Å². The predicted octanol–water partition coefficient (Wildman–Crippen LogP) is 3.27. The van der Waals surface area contributed by atoms with Gasteiger partial charge in [-0.2, -0.15) is 0 Å². The molecule has 1 aromatic carbocycles. The molecule has 1 aromatic rings. The minimum absolute atomic E-state index is 0.568. The summed E-state index contributed by atoms with van der Waals surface area (Å²) >= 11 is 0. The molecule has 0 spiro atoms. The van der Waals surface area contributed by atoms with E-state index in [0.717, 1.165) is 30.8 Å². The van der Waals surface area contributed by atoms with E-state index in [-0.39, 0.29) is 0 Å². The monoisotopic (exact) mass is 219 g/mol. The van der Waals surface area contributed by atoms with Gasteiger partial charge in [-0.3, -0.25) is 0 Å². The van der Waals surface area contributed by atoms with Crippen LogP contribution in [0.5, 0.6) is 5.75 Å². The SMILES string of the molecule is CC=CCCCCOc1cccc(CN)c1. The number of rotatable bonds is 7. The lowest BCUT2D eigenvalue weighted by molar-refractivity contribution is 0.307. The number of nitrogens with two attached hydrogens (primary N) is 1. The summed E-state index contributed by atoms with van der Waals surface area (Å²) in [6.45, 7) is 3.40. The van der Waals surface area contributed by atoms with Crippen LogP contribution in [0.1, 0.15) is 31.7 Å². The van der Waals surface area contributed by atoms with E-state index in [0.29, 0.717) is 6.54 Å². The van der Waals surface area contributed by atoms with Gasteiger partial charge < -0.3 is 10.5 Å². The summed E-state index contributed by atoms with van der Waals surface area (Å²) in [5, 5.41) is 0. The molecule has 1 rings (SSSR count). The predicted molar refractivity (Wildman–Crippen MR) is 68.5 cm³/mol. The molecule has 0 amide bonds. The molecule has 0 aliphatic heterocycles. The molecule has 2 nitrogen and oxygen atoms in total. The molecule has 16 heavy (non-hydrogen) atoms. The highest BCUT2D eigenvalue weighted by Crippen LogP contribution is 2.13. The summed E-state index contributed by atoms with van der Waals surface area (Å²) < 4.78 is 5.65. The van der Waals surface area contributed by atoms with Crippen LogP contribution in [0.25, 0.3) is 0 Å². The van der Waals surface area contributed by atoms with Crippen LogP contribution in [-0.4, -0.2) is 6.61 Å². The number of unbranched alkanes of at least 4 members (excludes halogenated alkanes) is 2. The van der Waals surface area contributed by atoms with Crippen LogP contribution in [0, 0.1) is 0 Å². The number of benzene rings is 1. The average Bonchev–Trinajstić information content (AvgIpc) is 2.34. The van der Waals surface area contributed by atoms with Gasteiger partial charge in [0.25, 0.3) is 0 Å². The molecule has 0 saturated carbocycles. The Labute approximate surface area is 98.1 Å². The van der Waals surface area contributed by atoms with E-state index >= 15 is 0 Å². The molecule has 0 aromatic heterocycles. The fraction of sp³-hybridized carbons (Fsp3) is 0.429. The fourth-order valence-electron chi connectivity index (χ4n) is 1.48. The van der Waals surface area contributed by atoms with Gasteiger partial charge >= 0.3 is 0 Å². The minimum Gasteiger partial charge on any atom is -0.494 e. The van der Waals surface area contributed by atoms with Crippen LogP contribution < -0.4 is 10.5 Å². The van der Waals surface area contributed by atoms with E-state index in [4.69, 9.17) is 10.5 Å². The molecule has 0 aliphatic carbocycles. The van der Waals surface area contributed by atoms with Crippen molar-refractivity contribution in [1.29, 1.82) is 0 Å². The Morgan fingerprint density at radius 2 is 2.19 bits per heavy atom. The van der Waals surface area contributed by atoms with Crippen molar-refractivity contribution < 1.29 is 4.74 Å². The van der Waals surface area contributed by atoms with Crippen molar-refractivity contribution in [1.82, 2.24) is 0 Å². The molecule has 0 bridgehead atoms. The Kier molecular flexibility index (Phi) is 6.35. The van der Waals surface area contributed by atoms with Crippen molar-refractivity contribution in [2.45, 2.75) is 32.7 Å². The second-order valence-electron chi connectivity index (χ2n) is 3.76. The van der Waals surface area contributed by atoms with Gasteiger partial charge in [0.15, 0.2) is 0 Å². The quantitative estimate of drug-likeness (QED) is 0.564. The van der Waals surface area contributed by atoms with Crippen molar-refractivity contribution in [2.75, 3.05) is 6.61 Å². The first-order valence-electron chi connectivity index (χ1n) is 5.89.